The van der Waals surface area contributed by atoms with E-state index in [9.17, 15) is 14.7 Å². The highest BCUT2D eigenvalue weighted by Crippen LogP contribution is 2.61. The number of fused-ring (bicyclic) bond motifs is 1. The molecular formula is C28H26O3. The highest BCUT2D eigenvalue weighted by Gasteiger charge is 2.52. The van der Waals surface area contributed by atoms with Crippen LogP contribution in [0.2, 0.25) is 0 Å². The SMILES string of the molecule is O=Cc1ccc(-c2ccc3cc(C(=O)O)ccc3c2)cc1C12CC3CC(CC(C3)C1)C2. The van der Waals surface area contributed by atoms with Gasteiger partial charge in [0.05, 0.1) is 5.56 Å². The molecule has 4 aliphatic rings. The predicted molar refractivity (Wildman–Crippen MR) is 122 cm³/mol. The molecule has 3 nitrogen and oxygen atoms in total. The number of hydrogen-bond donors (Lipinski definition) is 1. The maximum Gasteiger partial charge on any atom is 0.335 e. The van der Waals surface area contributed by atoms with Crippen LogP contribution in [0.15, 0.2) is 54.6 Å². The van der Waals surface area contributed by atoms with Gasteiger partial charge < -0.3 is 5.11 Å². The minimum absolute atomic E-state index is 0.175. The second kappa shape index (κ2) is 6.78. The van der Waals surface area contributed by atoms with Crippen LogP contribution in [-0.4, -0.2) is 17.4 Å². The first-order valence-corrected chi connectivity index (χ1v) is 11.4. The second-order valence-electron chi connectivity index (χ2n) is 10.2. The molecule has 0 radical (unpaired) electrons. The van der Waals surface area contributed by atoms with Crippen molar-refractivity contribution in [3.05, 3.63) is 71.3 Å². The Kier molecular flexibility index (Phi) is 4.11. The number of aromatic carboxylic acids is 1. The summed E-state index contributed by atoms with van der Waals surface area (Å²) < 4.78 is 0. The summed E-state index contributed by atoms with van der Waals surface area (Å²) in [7, 11) is 0. The lowest BCUT2D eigenvalue weighted by atomic mass is 9.47. The van der Waals surface area contributed by atoms with Gasteiger partial charge in [-0.2, -0.15) is 0 Å². The van der Waals surface area contributed by atoms with E-state index in [-0.39, 0.29) is 5.41 Å². The molecule has 4 aliphatic carbocycles. The van der Waals surface area contributed by atoms with Gasteiger partial charge in [0.25, 0.3) is 0 Å². The highest BCUT2D eigenvalue weighted by atomic mass is 16.4. The minimum Gasteiger partial charge on any atom is -0.478 e. The fourth-order valence-electron chi connectivity index (χ4n) is 7.30. The van der Waals surface area contributed by atoms with Crippen LogP contribution < -0.4 is 0 Å². The molecule has 156 valence electrons. The maximum atomic E-state index is 12.0. The Bertz CT molecular complexity index is 1190. The second-order valence-corrected chi connectivity index (χ2v) is 10.2. The van der Waals surface area contributed by atoms with Crippen molar-refractivity contribution in [3.8, 4) is 11.1 Å². The van der Waals surface area contributed by atoms with E-state index < -0.39 is 5.97 Å². The van der Waals surface area contributed by atoms with Crippen LogP contribution in [0.25, 0.3) is 21.9 Å². The first-order valence-electron chi connectivity index (χ1n) is 11.4. The van der Waals surface area contributed by atoms with Gasteiger partial charge in [-0.05, 0) is 113 Å². The lowest BCUT2D eigenvalue weighted by molar-refractivity contribution is -0.00541. The van der Waals surface area contributed by atoms with Crippen molar-refractivity contribution in [2.24, 2.45) is 17.8 Å². The Balaban J connectivity index is 1.44. The van der Waals surface area contributed by atoms with E-state index in [1.54, 1.807) is 12.1 Å². The van der Waals surface area contributed by atoms with Crippen molar-refractivity contribution in [1.82, 2.24) is 0 Å². The summed E-state index contributed by atoms with van der Waals surface area (Å²) >= 11 is 0. The van der Waals surface area contributed by atoms with Crippen LogP contribution in [0.4, 0.5) is 0 Å². The predicted octanol–water partition coefficient (Wildman–Crippen LogP) is 6.49. The van der Waals surface area contributed by atoms with E-state index in [1.807, 2.05) is 18.2 Å². The number of carbonyl (C=O) groups excluding carboxylic acids is 1. The van der Waals surface area contributed by atoms with Gasteiger partial charge in [-0.25, -0.2) is 4.79 Å². The summed E-state index contributed by atoms with van der Waals surface area (Å²) in [6.45, 7) is 0. The molecule has 0 aromatic heterocycles. The van der Waals surface area contributed by atoms with Crippen molar-refractivity contribution in [2.75, 3.05) is 0 Å². The zero-order valence-electron chi connectivity index (χ0n) is 17.5. The highest BCUT2D eigenvalue weighted by molar-refractivity contribution is 5.96. The van der Waals surface area contributed by atoms with Crippen LogP contribution in [0.1, 0.15) is 64.8 Å². The first kappa shape index (κ1) is 18.8. The summed E-state index contributed by atoms with van der Waals surface area (Å²) in [5.41, 5.74) is 4.85. The van der Waals surface area contributed by atoms with Crippen LogP contribution in [0, 0.1) is 17.8 Å². The van der Waals surface area contributed by atoms with Gasteiger partial charge in [0, 0.05) is 5.56 Å². The molecule has 0 heterocycles. The van der Waals surface area contributed by atoms with Crippen molar-refractivity contribution in [1.29, 1.82) is 0 Å². The van der Waals surface area contributed by atoms with E-state index in [2.05, 4.69) is 24.3 Å². The van der Waals surface area contributed by atoms with Crippen molar-refractivity contribution in [2.45, 2.75) is 43.9 Å². The number of carbonyl (C=O) groups is 2. The summed E-state index contributed by atoms with van der Waals surface area (Å²) in [4.78, 5) is 23.2. The summed E-state index contributed by atoms with van der Waals surface area (Å²) in [6, 6.07) is 17.8. The number of rotatable bonds is 4. The molecule has 0 spiro atoms. The molecule has 31 heavy (non-hydrogen) atoms. The molecule has 0 aliphatic heterocycles. The number of hydrogen-bond acceptors (Lipinski definition) is 2. The van der Waals surface area contributed by atoms with Crippen LogP contribution in [0.3, 0.4) is 0 Å². The standard InChI is InChI=1S/C28H26O3/c29-16-25-6-4-23(21-1-2-22-11-24(27(30)31)5-3-20(22)10-21)12-26(25)28-13-17-7-18(14-28)9-19(8-17)15-28/h1-6,10-12,16-19H,7-9,13-15H2,(H,30,31). The third-order valence-electron chi connectivity index (χ3n) is 8.21. The molecule has 3 aromatic rings. The Morgan fingerprint density at radius 2 is 1.39 bits per heavy atom. The Morgan fingerprint density at radius 1 is 0.806 bits per heavy atom. The molecule has 4 bridgehead atoms. The largest absolute Gasteiger partial charge is 0.478 e. The summed E-state index contributed by atoms with van der Waals surface area (Å²) in [5.74, 6) is 1.59. The minimum atomic E-state index is -0.907. The van der Waals surface area contributed by atoms with E-state index in [0.29, 0.717) is 5.56 Å². The van der Waals surface area contributed by atoms with Gasteiger partial charge >= 0.3 is 5.97 Å². The molecule has 4 saturated carbocycles. The van der Waals surface area contributed by atoms with Gasteiger partial charge in [0.2, 0.25) is 0 Å². The van der Waals surface area contributed by atoms with E-state index in [1.165, 1.54) is 44.1 Å². The van der Waals surface area contributed by atoms with Crippen LogP contribution in [0.5, 0.6) is 0 Å². The molecule has 0 atom stereocenters. The fourth-order valence-corrected chi connectivity index (χ4v) is 7.30. The van der Waals surface area contributed by atoms with E-state index in [4.69, 9.17) is 0 Å². The molecule has 7 rings (SSSR count). The molecule has 0 amide bonds. The maximum absolute atomic E-state index is 12.0. The van der Waals surface area contributed by atoms with E-state index in [0.717, 1.165) is 51.5 Å². The lowest BCUT2D eigenvalue weighted by Crippen LogP contribution is -2.48. The third-order valence-corrected chi connectivity index (χ3v) is 8.21. The third kappa shape index (κ3) is 3.02. The molecule has 0 unspecified atom stereocenters. The summed E-state index contributed by atoms with van der Waals surface area (Å²) in [5, 5.41) is 11.2. The topological polar surface area (TPSA) is 54.4 Å². The average Bonchev–Trinajstić information content (AvgIpc) is 2.77. The van der Waals surface area contributed by atoms with Crippen molar-refractivity contribution >= 4 is 23.0 Å². The number of benzene rings is 3. The van der Waals surface area contributed by atoms with Crippen LogP contribution >= 0.6 is 0 Å². The van der Waals surface area contributed by atoms with Gasteiger partial charge in [-0.1, -0.05) is 30.3 Å². The average molecular weight is 411 g/mol. The first-order chi connectivity index (χ1) is 15.0. The number of carboxylic acids is 1. The Morgan fingerprint density at radius 3 is 2.03 bits per heavy atom. The molecule has 1 N–H and O–H groups in total. The lowest BCUT2D eigenvalue weighted by Gasteiger charge is -2.57. The molecule has 3 heteroatoms. The zero-order chi connectivity index (χ0) is 21.2. The monoisotopic (exact) mass is 410 g/mol. The fraction of sp³-hybridized carbons (Fsp3) is 0.357. The van der Waals surface area contributed by atoms with Gasteiger partial charge in [0.1, 0.15) is 6.29 Å². The normalized spacial score (nSPS) is 28.7. The molecule has 3 aromatic carbocycles. The van der Waals surface area contributed by atoms with Crippen molar-refractivity contribution in [3.63, 3.8) is 0 Å². The van der Waals surface area contributed by atoms with Crippen LogP contribution in [-0.2, 0) is 5.41 Å². The Labute approximate surface area is 182 Å². The van der Waals surface area contributed by atoms with Gasteiger partial charge in [0.15, 0.2) is 0 Å². The smallest absolute Gasteiger partial charge is 0.335 e. The van der Waals surface area contributed by atoms with Gasteiger partial charge in [-0.3, -0.25) is 4.79 Å². The number of aldehydes is 1. The quantitative estimate of drug-likeness (QED) is 0.501. The molecule has 4 fully saturated rings. The Hall–Kier alpha value is -2.94. The van der Waals surface area contributed by atoms with Gasteiger partial charge in [-0.15, -0.1) is 0 Å². The number of carboxylic acid groups (broad SMARTS) is 1. The van der Waals surface area contributed by atoms with Crippen molar-refractivity contribution < 1.29 is 14.7 Å². The summed E-state index contributed by atoms with van der Waals surface area (Å²) in [6.07, 6.45) is 8.91. The zero-order valence-corrected chi connectivity index (χ0v) is 17.5. The molecular weight excluding hydrogens is 384 g/mol. The molecule has 0 saturated heterocycles. The van der Waals surface area contributed by atoms with E-state index >= 15 is 0 Å².